The molecule has 0 N–H and O–H groups in total. The molecule has 5 atom stereocenters. The molecular formula is C14H19NO5S. The molecule has 0 radical (unpaired) electrons. The normalized spacial score (nSPS) is 36.2. The molecule has 0 aromatic carbocycles. The number of hydrogen-bond acceptors (Lipinski definition) is 5. The minimum Gasteiger partial charge on any atom is -0.277 e. The summed E-state index contributed by atoms with van der Waals surface area (Å²) in [5, 5.41) is 0. The first-order valence-corrected chi connectivity index (χ1v) is 9.01. The SMILES string of the molecule is CC(COS(C)(=O)=O)N1C(=O)C2C3C=CC(CC3)C2C1=O. The van der Waals surface area contributed by atoms with Crippen molar-refractivity contribution in [1.29, 1.82) is 0 Å². The Kier molecular flexibility index (Phi) is 3.44. The molecule has 0 spiro atoms. The maximum atomic E-state index is 12.6. The zero-order chi connectivity index (χ0) is 15.4. The van der Waals surface area contributed by atoms with Crippen LogP contribution in [0.25, 0.3) is 0 Å². The average molecular weight is 313 g/mol. The van der Waals surface area contributed by atoms with Crippen LogP contribution in [0.5, 0.6) is 0 Å². The van der Waals surface area contributed by atoms with Gasteiger partial charge in [-0.3, -0.25) is 18.7 Å². The molecule has 4 aliphatic rings. The van der Waals surface area contributed by atoms with Crippen molar-refractivity contribution in [2.75, 3.05) is 12.9 Å². The molecule has 2 fully saturated rings. The van der Waals surface area contributed by atoms with E-state index in [0.717, 1.165) is 19.1 Å². The maximum Gasteiger partial charge on any atom is 0.264 e. The molecule has 6 nitrogen and oxygen atoms in total. The topological polar surface area (TPSA) is 80.8 Å². The van der Waals surface area contributed by atoms with E-state index in [1.165, 1.54) is 4.90 Å². The van der Waals surface area contributed by atoms with Crippen molar-refractivity contribution in [3.8, 4) is 0 Å². The summed E-state index contributed by atoms with van der Waals surface area (Å²) >= 11 is 0. The van der Waals surface area contributed by atoms with Crippen molar-refractivity contribution >= 4 is 21.9 Å². The molecule has 1 heterocycles. The fourth-order valence-corrected chi connectivity index (χ4v) is 4.27. The minimum absolute atomic E-state index is 0.143. The van der Waals surface area contributed by atoms with Gasteiger partial charge in [0.05, 0.1) is 30.7 Å². The number of allylic oxidation sites excluding steroid dienone is 2. The summed E-state index contributed by atoms with van der Waals surface area (Å²) in [5.74, 6) is -0.583. The molecule has 3 aliphatic carbocycles. The van der Waals surface area contributed by atoms with Gasteiger partial charge in [-0.15, -0.1) is 0 Å². The minimum atomic E-state index is -3.58. The first-order chi connectivity index (χ1) is 9.79. The molecule has 116 valence electrons. The van der Waals surface area contributed by atoms with Crippen molar-refractivity contribution in [3.05, 3.63) is 12.2 Å². The van der Waals surface area contributed by atoms with E-state index in [2.05, 4.69) is 12.2 Å². The molecule has 1 saturated carbocycles. The number of rotatable bonds is 4. The van der Waals surface area contributed by atoms with Gasteiger partial charge in [0.1, 0.15) is 0 Å². The van der Waals surface area contributed by atoms with Crippen molar-refractivity contribution in [2.24, 2.45) is 23.7 Å². The summed E-state index contributed by atoms with van der Waals surface area (Å²) in [6.45, 7) is 1.46. The predicted molar refractivity (Wildman–Crippen MR) is 74.4 cm³/mol. The number of nitrogens with zero attached hydrogens (tertiary/aromatic N) is 1. The van der Waals surface area contributed by atoms with E-state index in [0.29, 0.717) is 0 Å². The molecule has 2 bridgehead atoms. The molecule has 1 aliphatic heterocycles. The van der Waals surface area contributed by atoms with Crippen molar-refractivity contribution in [1.82, 2.24) is 4.90 Å². The van der Waals surface area contributed by atoms with Crippen molar-refractivity contribution in [3.63, 3.8) is 0 Å². The van der Waals surface area contributed by atoms with Crippen molar-refractivity contribution < 1.29 is 22.2 Å². The van der Waals surface area contributed by atoms with Crippen LogP contribution in [-0.4, -0.2) is 44.0 Å². The highest BCUT2D eigenvalue weighted by molar-refractivity contribution is 7.85. The highest BCUT2D eigenvalue weighted by Gasteiger charge is 2.57. The molecule has 1 saturated heterocycles. The third-order valence-electron chi connectivity index (χ3n) is 4.76. The van der Waals surface area contributed by atoms with Crippen LogP contribution < -0.4 is 0 Å². The molecular weight excluding hydrogens is 294 g/mol. The van der Waals surface area contributed by atoms with Crippen molar-refractivity contribution in [2.45, 2.75) is 25.8 Å². The maximum absolute atomic E-state index is 12.6. The van der Waals surface area contributed by atoms with Gasteiger partial charge >= 0.3 is 0 Å². The lowest BCUT2D eigenvalue weighted by molar-refractivity contribution is -0.143. The van der Waals surface area contributed by atoms with E-state index in [1.807, 2.05) is 0 Å². The molecule has 2 amide bonds. The molecule has 5 unspecified atom stereocenters. The second kappa shape index (κ2) is 4.91. The fraction of sp³-hybridized carbons (Fsp3) is 0.714. The van der Waals surface area contributed by atoms with Gasteiger partial charge in [-0.05, 0) is 31.6 Å². The van der Waals surface area contributed by atoms with E-state index in [4.69, 9.17) is 4.18 Å². The highest BCUT2D eigenvalue weighted by Crippen LogP contribution is 2.49. The standard InChI is InChI=1S/C14H19NO5S/c1-8(7-20-21(2,18)19)15-13(16)11-9-3-4-10(6-5-9)12(11)14(15)17/h3-4,8-12H,5-7H2,1-2H3. The number of hydrogen-bond donors (Lipinski definition) is 0. The Morgan fingerprint density at radius 1 is 1.19 bits per heavy atom. The van der Waals surface area contributed by atoms with Crippen LogP contribution in [0.1, 0.15) is 19.8 Å². The lowest BCUT2D eigenvalue weighted by atomic mass is 9.63. The number of likely N-dealkylation sites (tertiary alicyclic amines) is 1. The van der Waals surface area contributed by atoms with Crippen LogP contribution in [-0.2, 0) is 23.9 Å². The lowest BCUT2D eigenvalue weighted by Gasteiger charge is -2.38. The second-order valence-electron chi connectivity index (χ2n) is 6.23. The Bertz CT molecular complexity index is 579. The third kappa shape index (κ3) is 2.42. The molecule has 21 heavy (non-hydrogen) atoms. The van der Waals surface area contributed by atoms with E-state index in [-0.39, 0.29) is 42.1 Å². The van der Waals surface area contributed by atoms with Gasteiger partial charge in [0.25, 0.3) is 10.1 Å². The van der Waals surface area contributed by atoms with Crippen LogP contribution in [0.4, 0.5) is 0 Å². The lowest BCUT2D eigenvalue weighted by Crippen LogP contribution is -2.42. The Balaban J connectivity index is 1.79. The van der Waals surface area contributed by atoms with Crippen LogP contribution >= 0.6 is 0 Å². The Morgan fingerprint density at radius 3 is 2.05 bits per heavy atom. The van der Waals surface area contributed by atoms with Gasteiger partial charge in [-0.1, -0.05) is 12.2 Å². The summed E-state index contributed by atoms with van der Waals surface area (Å²) in [5.41, 5.74) is 0. The predicted octanol–water partition coefficient (Wildman–Crippen LogP) is 0.548. The van der Waals surface area contributed by atoms with E-state index in [9.17, 15) is 18.0 Å². The van der Waals surface area contributed by atoms with Gasteiger partial charge < -0.3 is 0 Å². The smallest absolute Gasteiger partial charge is 0.264 e. The Morgan fingerprint density at radius 2 is 1.67 bits per heavy atom. The molecule has 7 heteroatoms. The summed E-state index contributed by atoms with van der Waals surface area (Å²) in [6.07, 6.45) is 6.97. The van der Waals surface area contributed by atoms with Crippen LogP contribution in [0.3, 0.4) is 0 Å². The summed E-state index contributed by atoms with van der Waals surface area (Å²) in [7, 11) is -3.58. The number of fused-ring (bicyclic) bond motifs is 1. The average Bonchev–Trinajstić information content (AvgIpc) is 2.71. The van der Waals surface area contributed by atoms with E-state index >= 15 is 0 Å². The van der Waals surface area contributed by atoms with Gasteiger partial charge in [-0.25, -0.2) is 0 Å². The van der Waals surface area contributed by atoms with E-state index < -0.39 is 16.2 Å². The zero-order valence-corrected chi connectivity index (χ0v) is 12.9. The van der Waals surface area contributed by atoms with Gasteiger partial charge in [0.15, 0.2) is 0 Å². The van der Waals surface area contributed by atoms with Crippen LogP contribution in [0.15, 0.2) is 12.2 Å². The monoisotopic (exact) mass is 313 g/mol. The zero-order valence-electron chi connectivity index (χ0n) is 12.1. The quantitative estimate of drug-likeness (QED) is 0.430. The van der Waals surface area contributed by atoms with Gasteiger partial charge in [0.2, 0.25) is 11.8 Å². The highest BCUT2D eigenvalue weighted by atomic mass is 32.2. The molecule has 4 rings (SSSR count). The number of carbonyl (C=O) groups is 2. The second-order valence-corrected chi connectivity index (χ2v) is 7.87. The fourth-order valence-electron chi connectivity index (χ4n) is 3.83. The Labute approximate surface area is 124 Å². The van der Waals surface area contributed by atoms with Gasteiger partial charge in [-0.2, -0.15) is 8.42 Å². The van der Waals surface area contributed by atoms with Gasteiger partial charge in [0, 0.05) is 0 Å². The van der Waals surface area contributed by atoms with E-state index in [1.54, 1.807) is 6.92 Å². The first kappa shape index (κ1) is 14.7. The summed E-state index contributed by atoms with van der Waals surface area (Å²) in [6, 6.07) is -0.565. The number of carbonyl (C=O) groups excluding carboxylic acids is 2. The molecule has 0 aromatic rings. The third-order valence-corrected chi connectivity index (χ3v) is 5.32. The first-order valence-electron chi connectivity index (χ1n) is 7.19. The largest absolute Gasteiger partial charge is 0.277 e. The number of imide groups is 1. The van der Waals surface area contributed by atoms with Crippen LogP contribution in [0, 0.1) is 23.7 Å². The number of amides is 2. The molecule has 0 aromatic heterocycles. The summed E-state index contributed by atoms with van der Waals surface area (Å²) < 4.78 is 26.8. The summed E-state index contributed by atoms with van der Waals surface area (Å²) in [4.78, 5) is 26.4. The van der Waals surface area contributed by atoms with Crippen LogP contribution in [0.2, 0.25) is 0 Å². The Hall–Kier alpha value is -1.21.